The lowest BCUT2D eigenvalue weighted by atomic mass is 10.1. The molecule has 1 aromatic rings. The Morgan fingerprint density at radius 1 is 1.29 bits per heavy atom. The third-order valence-corrected chi connectivity index (χ3v) is 3.18. The number of thioether (sulfide) groups is 1. The predicted octanol–water partition coefficient (Wildman–Crippen LogP) is 3.63. The van der Waals surface area contributed by atoms with E-state index in [0.717, 1.165) is 32.9 Å². The van der Waals surface area contributed by atoms with Crippen molar-refractivity contribution in [2.75, 3.05) is 5.75 Å². The summed E-state index contributed by atoms with van der Waals surface area (Å²) in [6, 6.07) is 7.68. The lowest BCUT2D eigenvalue weighted by molar-refractivity contribution is 1.22. The molecule has 0 fully saturated rings. The highest BCUT2D eigenvalue weighted by atomic mass is 35.5. The van der Waals surface area contributed by atoms with Gasteiger partial charge in [0.05, 0.1) is 5.71 Å². The van der Waals surface area contributed by atoms with E-state index < -0.39 is 0 Å². The van der Waals surface area contributed by atoms with Crippen LogP contribution in [-0.2, 0) is 0 Å². The molecule has 0 spiro atoms. The van der Waals surface area contributed by atoms with E-state index in [1.54, 1.807) is 11.8 Å². The topological polar surface area (TPSA) is 37.1 Å². The molecule has 0 saturated heterocycles. The summed E-state index contributed by atoms with van der Waals surface area (Å²) in [7, 11) is 0. The fraction of sp³-hybridized carbons (Fsp3) is 0.250. The van der Waals surface area contributed by atoms with Gasteiger partial charge in [-0.1, -0.05) is 35.5 Å². The lowest BCUT2D eigenvalue weighted by Crippen LogP contribution is -1.98. The van der Waals surface area contributed by atoms with Crippen molar-refractivity contribution in [2.45, 2.75) is 13.8 Å². The Hall–Kier alpha value is -1.13. The summed E-state index contributed by atoms with van der Waals surface area (Å²) in [4.78, 5) is 4.44. The van der Waals surface area contributed by atoms with E-state index in [1.165, 1.54) is 0 Å². The maximum Gasteiger partial charge on any atom is 0.209 e. The van der Waals surface area contributed by atoms with Gasteiger partial charge < -0.3 is 0 Å². The maximum absolute atomic E-state index is 5.85. The molecule has 1 heterocycles. The molecule has 0 N–H and O–H groups in total. The molecule has 2 rings (SSSR count). The standard InChI is InChI=1S/C12H12ClN3S/c1-8(2)15-16-12-14-11(7-17-12)9-3-5-10(13)6-4-9/h3-6H,7H2,1-2H3/b16-12-. The molecule has 0 aromatic heterocycles. The molecule has 1 aliphatic rings. The van der Waals surface area contributed by atoms with Gasteiger partial charge in [-0.15, -0.1) is 5.10 Å². The first kappa shape index (κ1) is 12.3. The molecule has 1 aliphatic heterocycles. The summed E-state index contributed by atoms with van der Waals surface area (Å²) >= 11 is 7.44. The highest BCUT2D eigenvalue weighted by molar-refractivity contribution is 8.15. The van der Waals surface area contributed by atoms with Crippen LogP contribution in [-0.4, -0.2) is 22.3 Å². The first-order chi connectivity index (χ1) is 8.15. The number of aliphatic imine (C=N–C) groups is 1. The highest BCUT2D eigenvalue weighted by Gasteiger charge is 2.14. The minimum absolute atomic E-state index is 0.719. The van der Waals surface area contributed by atoms with Crippen LogP contribution in [0.25, 0.3) is 0 Å². The van der Waals surface area contributed by atoms with Gasteiger partial charge in [-0.2, -0.15) is 5.10 Å². The molecule has 5 heteroatoms. The molecule has 0 bridgehead atoms. The second-order valence-corrected chi connectivity index (χ2v) is 5.16. The largest absolute Gasteiger partial charge is 0.225 e. The second-order valence-electron chi connectivity index (χ2n) is 3.78. The van der Waals surface area contributed by atoms with E-state index >= 15 is 0 Å². The van der Waals surface area contributed by atoms with Crippen LogP contribution in [0, 0.1) is 0 Å². The fourth-order valence-corrected chi connectivity index (χ4v) is 2.19. The molecule has 0 atom stereocenters. The van der Waals surface area contributed by atoms with E-state index in [1.807, 2.05) is 38.1 Å². The zero-order valence-corrected chi connectivity index (χ0v) is 11.2. The van der Waals surface area contributed by atoms with Gasteiger partial charge in [-0.25, -0.2) is 4.99 Å². The molecule has 0 radical (unpaired) electrons. The summed E-state index contributed by atoms with van der Waals surface area (Å²) in [5, 5.41) is 9.53. The molecule has 0 amide bonds. The van der Waals surface area contributed by atoms with Crippen LogP contribution in [0.3, 0.4) is 0 Å². The van der Waals surface area contributed by atoms with E-state index in [-0.39, 0.29) is 0 Å². The Morgan fingerprint density at radius 2 is 2.00 bits per heavy atom. The highest BCUT2D eigenvalue weighted by Crippen LogP contribution is 2.20. The first-order valence-electron chi connectivity index (χ1n) is 5.20. The number of halogens is 1. The smallest absolute Gasteiger partial charge is 0.209 e. The van der Waals surface area contributed by atoms with Gasteiger partial charge in [0.25, 0.3) is 0 Å². The number of benzene rings is 1. The van der Waals surface area contributed by atoms with Crippen LogP contribution in [0.1, 0.15) is 19.4 Å². The van der Waals surface area contributed by atoms with E-state index in [4.69, 9.17) is 11.6 Å². The number of amidine groups is 1. The summed E-state index contributed by atoms with van der Waals surface area (Å²) in [6.07, 6.45) is 0. The molecular weight excluding hydrogens is 254 g/mol. The van der Waals surface area contributed by atoms with Crippen molar-refractivity contribution in [1.82, 2.24) is 0 Å². The zero-order valence-electron chi connectivity index (χ0n) is 9.64. The van der Waals surface area contributed by atoms with Crippen molar-refractivity contribution in [2.24, 2.45) is 15.2 Å². The van der Waals surface area contributed by atoms with Crippen LogP contribution < -0.4 is 0 Å². The van der Waals surface area contributed by atoms with Gasteiger partial charge in [0, 0.05) is 16.5 Å². The molecule has 88 valence electrons. The average Bonchev–Trinajstić information content (AvgIpc) is 2.76. The summed E-state index contributed by atoms with van der Waals surface area (Å²) in [6.45, 7) is 3.82. The van der Waals surface area contributed by atoms with Gasteiger partial charge in [-0.05, 0) is 31.5 Å². The Kier molecular flexibility index (Phi) is 3.97. The molecule has 0 unspecified atom stereocenters. The van der Waals surface area contributed by atoms with Gasteiger partial charge >= 0.3 is 0 Å². The van der Waals surface area contributed by atoms with Gasteiger partial charge in [0.1, 0.15) is 0 Å². The summed E-state index contributed by atoms with van der Waals surface area (Å²) < 4.78 is 0. The van der Waals surface area contributed by atoms with Crippen LogP contribution in [0.15, 0.2) is 39.5 Å². The maximum atomic E-state index is 5.85. The summed E-state index contributed by atoms with van der Waals surface area (Å²) in [5.41, 5.74) is 3.03. The van der Waals surface area contributed by atoms with Crippen molar-refractivity contribution in [3.05, 3.63) is 34.9 Å². The van der Waals surface area contributed by atoms with Crippen LogP contribution in [0.2, 0.25) is 5.02 Å². The zero-order chi connectivity index (χ0) is 12.3. The van der Waals surface area contributed by atoms with Crippen molar-refractivity contribution < 1.29 is 0 Å². The van der Waals surface area contributed by atoms with Crippen LogP contribution in [0.5, 0.6) is 0 Å². The lowest BCUT2D eigenvalue weighted by Gasteiger charge is -1.97. The number of hydrogen-bond donors (Lipinski definition) is 0. The van der Waals surface area contributed by atoms with Crippen LogP contribution in [0.4, 0.5) is 0 Å². The Bertz CT molecular complexity index is 499. The fourth-order valence-electron chi connectivity index (χ4n) is 1.30. The molecule has 1 aromatic carbocycles. The Morgan fingerprint density at radius 3 is 2.65 bits per heavy atom. The van der Waals surface area contributed by atoms with Gasteiger partial charge in [-0.3, -0.25) is 0 Å². The molecule has 3 nitrogen and oxygen atoms in total. The number of rotatable bonds is 2. The normalized spacial score (nSPS) is 17.1. The van der Waals surface area contributed by atoms with Crippen molar-refractivity contribution in [3.8, 4) is 0 Å². The minimum atomic E-state index is 0.719. The Labute approximate surface area is 110 Å². The predicted molar refractivity (Wildman–Crippen MR) is 76.7 cm³/mol. The minimum Gasteiger partial charge on any atom is -0.225 e. The van der Waals surface area contributed by atoms with Crippen molar-refractivity contribution in [3.63, 3.8) is 0 Å². The van der Waals surface area contributed by atoms with E-state index in [2.05, 4.69) is 15.2 Å². The second kappa shape index (κ2) is 5.47. The van der Waals surface area contributed by atoms with Crippen LogP contribution >= 0.6 is 23.4 Å². The van der Waals surface area contributed by atoms with E-state index in [9.17, 15) is 0 Å². The van der Waals surface area contributed by atoms with Crippen molar-refractivity contribution in [1.29, 1.82) is 0 Å². The summed E-state index contributed by atoms with van der Waals surface area (Å²) in [5.74, 6) is 0.832. The molecular formula is C12H12ClN3S. The molecule has 0 saturated carbocycles. The molecule has 17 heavy (non-hydrogen) atoms. The SMILES string of the molecule is CC(C)=N/N=C1/N=C(c2ccc(Cl)cc2)CS1. The number of nitrogens with zero attached hydrogens (tertiary/aromatic N) is 3. The first-order valence-corrected chi connectivity index (χ1v) is 6.56. The third-order valence-electron chi connectivity index (χ3n) is 2.08. The Balaban J connectivity index is 2.19. The van der Waals surface area contributed by atoms with Crippen molar-refractivity contribution >= 4 is 40.0 Å². The average molecular weight is 266 g/mol. The van der Waals surface area contributed by atoms with Gasteiger partial charge in [0.15, 0.2) is 0 Å². The van der Waals surface area contributed by atoms with E-state index in [0.29, 0.717) is 0 Å². The third kappa shape index (κ3) is 3.41. The quantitative estimate of drug-likeness (QED) is 0.594. The monoisotopic (exact) mass is 265 g/mol. The van der Waals surface area contributed by atoms with Gasteiger partial charge in [0.2, 0.25) is 5.17 Å². The molecule has 0 aliphatic carbocycles. The number of hydrogen-bond acceptors (Lipinski definition) is 3.